The number of hydrogen-bond donors (Lipinski definition) is 2. The van der Waals surface area contributed by atoms with Crippen LogP contribution in [-0.2, 0) is 4.79 Å². The van der Waals surface area contributed by atoms with E-state index in [0.717, 1.165) is 0 Å². The lowest BCUT2D eigenvalue weighted by Gasteiger charge is -2.09. The Morgan fingerprint density at radius 3 is 2.52 bits per heavy atom. The summed E-state index contributed by atoms with van der Waals surface area (Å²) in [4.78, 5) is 29.2. The number of carbonyl (C=O) groups is 2. The van der Waals surface area contributed by atoms with Crippen LogP contribution in [0.4, 0.5) is 11.5 Å². The van der Waals surface area contributed by atoms with E-state index in [2.05, 4.69) is 35.5 Å². The highest BCUT2D eigenvalue weighted by atomic mass is 16.2. The molecule has 0 aliphatic heterocycles. The van der Waals surface area contributed by atoms with Gasteiger partial charge in [0, 0.05) is 17.4 Å². The highest BCUT2D eigenvalue weighted by Crippen LogP contribution is 2.59. The van der Waals surface area contributed by atoms with Crippen molar-refractivity contribution in [3.05, 3.63) is 65.9 Å². The molecule has 140 valence electrons. The lowest BCUT2D eigenvalue weighted by molar-refractivity contribution is -0.118. The molecule has 1 aromatic carbocycles. The number of nitrogens with one attached hydrogen (secondary N) is 2. The molecular formula is C22H25N3O2. The van der Waals surface area contributed by atoms with Crippen molar-refractivity contribution in [3.63, 3.8) is 0 Å². The fourth-order valence-corrected chi connectivity index (χ4v) is 3.43. The summed E-state index contributed by atoms with van der Waals surface area (Å²) in [5.41, 5.74) is 2.26. The number of rotatable bonds is 5. The summed E-state index contributed by atoms with van der Waals surface area (Å²) in [6.07, 6.45) is 3.79. The molecule has 0 spiro atoms. The van der Waals surface area contributed by atoms with Crippen molar-refractivity contribution in [3.8, 4) is 0 Å². The Kier molecular flexibility index (Phi) is 5.13. The first-order chi connectivity index (χ1) is 12.8. The van der Waals surface area contributed by atoms with E-state index in [-0.39, 0.29) is 29.1 Å². The van der Waals surface area contributed by atoms with Gasteiger partial charge in [0.25, 0.3) is 5.91 Å². The zero-order chi connectivity index (χ0) is 19.6. The van der Waals surface area contributed by atoms with Gasteiger partial charge >= 0.3 is 0 Å². The molecule has 2 atom stereocenters. The zero-order valence-corrected chi connectivity index (χ0v) is 16.1. The van der Waals surface area contributed by atoms with Crippen molar-refractivity contribution in [2.45, 2.75) is 27.7 Å². The third-order valence-electron chi connectivity index (χ3n) is 5.00. The number of amides is 2. The quantitative estimate of drug-likeness (QED) is 0.768. The molecule has 5 nitrogen and oxygen atoms in total. The van der Waals surface area contributed by atoms with Crippen molar-refractivity contribution in [2.24, 2.45) is 17.3 Å². The van der Waals surface area contributed by atoms with E-state index in [4.69, 9.17) is 0 Å². The van der Waals surface area contributed by atoms with Gasteiger partial charge in [-0.2, -0.15) is 0 Å². The van der Waals surface area contributed by atoms with Gasteiger partial charge in [0.2, 0.25) is 5.91 Å². The number of benzene rings is 1. The molecule has 1 saturated carbocycles. The highest BCUT2D eigenvalue weighted by Gasteiger charge is 2.60. The second-order valence-electron chi connectivity index (χ2n) is 7.81. The SMILES string of the molecule is CC(C)=C[C@@H]1[C@@H](C(=O)Nc2cccc(C(=O)Nc3ccccn3)c2)C1(C)C. The Morgan fingerprint density at radius 2 is 1.85 bits per heavy atom. The van der Waals surface area contributed by atoms with Crippen molar-refractivity contribution >= 4 is 23.3 Å². The largest absolute Gasteiger partial charge is 0.326 e. The number of carbonyl (C=O) groups excluding carboxylic acids is 2. The average molecular weight is 363 g/mol. The summed E-state index contributed by atoms with van der Waals surface area (Å²) in [6, 6.07) is 12.3. The van der Waals surface area contributed by atoms with Gasteiger partial charge < -0.3 is 10.6 Å². The predicted molar refractivity (Wildman–Crippen MR) is 107 cm³/mol. The first-order valence-electron chi connectivity index (χ1n) is 9.07. The van der Waals surface area contributed by atoms with Gasteiger partial charge in [0.05, 0.1) is 5.92 Å². The molecule has 2 amide bonds. The van der Waals surface area contributed by atoms with Crippen LogP contribution in [0.15, 0.2) is 60.3 Å². The Labute approximate surface area is 159 Å². The predicted octanol–water partition coefficient (Wildman–Crippen LogP) is 4.51. The van der Waals surface area contributed by atoms with E-state index in [1.54, 1.807) is 48.7 Å². The van der Waals surface area contributed by atoms with E-state index in [0.29, 0.717) is 17.1 Å². The molecular weight excluding hydrogens is 338 g/mol. The number of pyridine rings is 1. The van der Waals surface area contributed by atoms with Gasteiger partial charge in [-0.05, 0) is 55.5 Å². The smallest absolute Gasteiger partial charge is 0.256 e. The van der Waals surface area contributed by atoms with Crippen LogP contribution in [0, 0.1) is 17.3 Å². The molecule has 27 heavy (non-hydrogen) atoms. The molecule has 0 saturated heterocycles. The maximum atomic E-state index is 12.7. The Morgan fingerprint density at radius 1 is 1.07 bits per heavy atom. The fourth-order valence-electron chi connectivity index (χ4n) is 3.43. The first kappa shape index (κ1) is 18.8. The van der Waals surface area contributed by atoms with Crippen LogP contribution in [0.5, 0.6) is 0 Å². The number of hydrogen-bond acceptors (Lipinski definition) is 3. The number of allylic oxidation sites excluding steroid dienone is 2. The maximum Gasteiger partial charge on any atom is 0.256 e. The number of anilines is 2. The zero-order valence-electron chi connectivity index (χ0n) is 16.1. The standard InChI is InChI=1S/C22H25N3O2/c1-14(2)12-17-19(22(17,3)4)21(27)24-16-9-7-8-15(13-16)20(26)25-18-10-5-6-11-23-18/h5-13,17,19H,1-4H3,(H,24,27)(H,23,25,26)/t17-,19+/m1/s1. The lowest BCUT2D eigenvalue weighted by atomic mass is 10.1. The molecule has 1 aliphatic rings. The summed E-state index contributed by atoms with van der Waals surface area (Å²) in [5, 5.41) is 5.70. The minimum Gasteiger partial charge on any atom is -0.326 e. The molecule has 0 bridgehead atoms. The second kappa shape index (κ2) is 7.35. The Hall–Kier alpha value is -2.95. The molecule has 0 radical (unpaired) electrons. The molecule has 5 heteroatoms. The minimum absolute atomic E-state index is 0.00946. The number of aromatic nitrogens is 1. The van der Waals surface area contributed by atoms with Gasteiger partial charge in [0.1, 0.15) is 5.82 Å². The molecule has 2 aromatic rings. The van der Waals surface area contributed by atoms with Gasteiger partial charge in [-0.1, -0.05) is 37.6 Å². The summed E-state index contributed by atoms with van der Waals surface area (Å²) >= 11 is 0. The summed E-state index contributed by atoms with van der Waals surface area (Å²) in [5.74, 6) is 0.404. The van der Waals surface area contributed by atoms with Crippen molar-refractivity contribution in [2.75, 3.05) is 10.6 Å². The molecule has 1 heterocycles. The van der Waals surface area contributed by atoms with E-state index >= 15 is 0 Å². The molecule has 3 rings (SSSR count). The van der Waals surface area contributed by atoms with E-state index < -0.39 is 0 Å². The molecule has 1 fully saturated rings. The van der Waals surface area contributed by atoms with Crippen molar-refractivity contribution in [1.29, 1.82) is 0 Å². The number of nitrogens with zero attached hydrogens (tertiary/aromatic N) is 1. The van der Waals surface area contributed by atoms with Crippen molar-refractivity contribution < 1.29 is 9.59 Å². The Bertz CT molecular complexity index is 883. The molecule has 0 unspecified atom stereocenters. The second-order valence-corrected chi connectivity index (χ2v) is 7.81. The van der Waals surface area contributed by atoms with Crippen LogP contribution in [-0.4, -0.2) is 16.8 Å². The van der Waals surface area contributed by atoms with Gasteiger partial charge in [-0.25, -0.2) is 4.98 Å². The van der Waals surface area contributed by atoms with Crippen LogP contribution in [0.25, 0.3) is 0 Å². The minimum atomic E-state index is -0.265. The first-order valence-corrected chi connectivity index (χ1v) is 9.07. The third-order valence-corrected chi connectivity index (χ3v) is 5.00. The van der Waals surface area contributed by atoms with Gasteiger partial charge in [-0.15, -0.1) is 0 Å². The monoisotopic (exact) mass is 363 g/mol. The third kappa shape index (κ3) is 4.25. The average Bonchev–Trinajstić information content (AvgIpc) is 3.15. The molecule has 1 aliphatic carbocycles. The summed E-state index contributed by atoms with van der Waals surface area (Å²) in [7, 11) is 0. The van der Waals surface area contributed by atoms with Crippen LogP contribution >= 0.6 is 0 Å². The maximum absolute atomic E-state index is 12.7. The topological polar surface area (TPSA) is 71.1 Å². The van der Waals surface area contributed by atoms with Crippen LogP contribution < -0.4 is 10.6 Å². The fraction of sp³-hybridized carbons (Fsp3) is 0.318. The summed E-state index contributed by atoms with van der Waals surface area (Å²) in [6.45, 7) is 8.32. The molecule has 1 aromatic heterocycles. The van der Waals surface area contributed by atoms with Gasteiger partial charge in [-0.3, -0.25) is 9.59 Å². The van der Waals surface area contributed by atoms with E-state index in [9.17, 15) is 9.59 Å². The Balaban J connectivity index is 1.68. The highest BCUT2D eigenvalue weighted by molar-refractivity contribution is 6.05. The molecule has 2 N–H and O–H groups in total. The summed E-state index contributed by atoms with van der Waals surface area (Å²) < 4.78 is 0. The lowest BCUT2D eigenvalue weighted by Crippen LogP contribution is -2.18. The van der Waals surface area contributed by atoms with E-state index in [1.165, 1.54) is 5.57 Å². The van der Waals surface area contributed by atoms with E-state index in [1.807, 2.05) is 13.8 Å². The van der Waals surface area contributed by atoms with Crippen LogP contribution in [0.1, 0.15) is 38.1 Å². The normalized spacial score (nSPS) is 19.7. The van der Waals surface area contributed by atoms with Crippen LogP contribution in [0.3, 0.4) is 0 Å². The van der Waals surface area contributed by atoms with Crippen molar-refractivity contribution in [1.82, 2.24) is 4.98 Å². The van der Waals surface area contributed by atoms with Gasteiger partial charge in [0.15, 0.2) is 0 Å². The van der Waals surface area contributed by atoms with Crippen LogP contribution in [0.2, 0.25) is 0 Å².